The molecule has 3 rings (SSSR count). The van der Waals surface area contributed by atoms with Gasteiger partial charge in [-0.15, -0.1) is 0 Å². The third-order valence-electron chi connectivity index (χ3n) is 5.35. The minimum atomic E-state index is -0.595. The van der Waals surface area contributed by atoms with Crippen LogP contribution < -0.4 is 0 Å². The number of carbonyl (C=O) groups is 3. The third kappa shape index (κ3) is 5.04. The Bertz CT molecular complexity index is 1060. The Balaban J connectivity index is 1.98. The van der Waals surface area contributed by atoms with Gasteiger partial charge in [-0.2, -0.15) is 0 Å². The molecule has 0 spiro atoms. The maximum atomic E-state index is 13.9. The average molecular weight is 439 g/mol. The molecule has 1 amide bonds. The number of allylic oxidation sites excluding steroid dienone is 1. The van der Waals surface area contributed by atoms with Crippen LogP contribution in [0.25, 0.3) is 0 Å². The Kier molecular flexibility index (Phi) is 7.08. The van der Waals surface area contributed by atoms with E-state index in [1.54, 1.807) is 57.2 Å². The predicted molar refractivity (Wildman–Crippen MR) is 116 cm³/mol. The number of rotatable bonds is 6. The van der Waals surface area contributed by atoms with Crippen LogP contribution in [0.3, 0.4) is 0 Å². The second kappa shape index (κ2) is 9.77. The maximum Gasteiger partial charge on any atom is 0.337 e. The van der Waals surface area contributed by atoms with Gasteiger partial charge in [0.1, 0.15) is 5.82 Å². The zero-order valence-electron chi connectivity index (χ0n) is 18.6. The SMILES string of the molecule is COC(=O)c1ccc(CN2C(=O)CC(c3cccc(F)c3)C(C(=O)OC(C)C)=C2C)cc1. The number of halogens is 1. The monoisotopic (exact) mass is 439 g/mol. The van der Waals surface area contributed by atoms with Crippen molar-refractivity contribution in [2.75, 3.05) is 7.11 Å². The number of esters is 2. The van der Waals surface area contributed by atoms with Crippen molar-refractivity contribution in [2.24, 2.45) is 0 Å². The molecule has 168 valence electrons. The Morgan fingerprint density at radius 3 is 2.41 bits per heavy atom. The normalized spacial score (nSPS) is 16.4. The molecular weight excluding hydrogens is 413 g/mol. The first-order valence-electron chi connectivity index (χ1n) is 10.4. The van der Waals surface area contributed by atoms with E-state index in [9.17, 15) is 18.8 Å². The number of carbonyl (C=O) groups excluding carboxylic acids is 3. The van der Waals surface area contributed by atoms with Crippen molar-refractivity contribution in [3.63, 3.8) is 0 Å². The minimum Gasteiger partial charge on any atom is -0.465 e. The highest BCUT2D eigenvalue weighted by molar-refractivity contribution is 5.96. The number of benzene rings is 2. The molecule has 0 saturated carbocycles. The molecule has 0 N–H and O–H groups in total. The lowest BCUT2D eigenvalue weighted by molar-refractivity contribution is -0.143. The van der Waals surface area contributed by atoms with Gasteiger partial charge < -0.3 is 14.4 Å². The van der Waals surface area contributed by atoms with Crippen LogP contribution >= 0.6 is 0 Å². The smallest absolute Gasteiger partial charge is 0.337 e. The first-order valence-corrected chi connectivity index (χ1v) is 10.4. The lowest BCUT2D eigenvalue weighted by Crippen LogP contribution is -2.38. The number of methoxy groups -OCH3 is 1. The van der Waals surface area contributed by atoms with Crippen molar-refractivity contribution in [3.8, 4) is 0 Å². The molecule has 6 nitrogen and oxygen atoms in total. The molecule has 0 aromatic heterocycles. The molecule has 0 bridgehead atoms. The Morgan fingerprint density at radius 2 is 1.81 bits per heavy atom. The molecule has 1 atom stereocenters. The van der Waals surface area contributed by atoms with Crippen molar-refractivity contribution in [1.29, 1.82) is 0 Å². The van der Waals surface area contributed by atoms with Gasteiger partial charge in [0.2, 0.25) is 5.91 Å². The topological polar surface area (TPSA) is 72.9 Å². The van der Waals surface area contributed by atoms with Gasteiger partial charge in [0.25, 0.3) is 0 Å². The van der Waals surface area contributed by atoms with Gasteiger partial charge >= 0.3 is 11.9 Å². The molecule has 2 aromatic carbocycles. The summed E-state index contributed by atoms with van der Waals surface area (Å²) in [7, 11) is 1.31. The molecule has 1 aliphatic heterocycles. The highest BCUT2D eigenvalue weighted by Crippen LogP contribution is 2.38. The lowest BCUT2D eigenvalue weighted by atomic mass is 9.83. The molecule has 1 heterocycles. The van der Waals surface area contributed by atoms with Crippen molar-refractivity contribution in [1.82, 2.24) is 4.90 Å². The summed E-state index contributed by atoms with van der Waals surface area (Å²) in [6.07, 6.45) is -0.322. The summed E-state index contributed by atoms with van der Waals surface area (Å²) >= 11 is 0. The van der Waals surface area contributed by atoms with Crippen LogP contribution in [0.5, 0.6) is 0 Å². The number of amides is 1. The first-order chi connectivity index (χ1) is 15.2. The van der Waals surface area contributed by atoms with Crippen LogP contribution in [0.2, 0.25) is 0 Å². The summed E-state index contributed by atoms with van der Waals surface area (Å²) in [6, 6.07) is 12.6. The third-order valence-corrected chi connectivity index (χ3v) is 5.35. The second-order valence-corrected chi connectivity index (χ2v) is 7.93. The number of nitrogens with zero attached hydrogens (tertiary/aromatic N) is 1. The summed E-state index contributed by atoms with van der Waals surface area (Å²) in [5.74, 6) is -2.18. The number of ether oxygens (including phenoxy) is 2. The summed E-state index contributed by atoms with van der Waals surface area (Å²) < 4.78 is 24.0. The van der Waals surface area contributed by atoms with E-state index in [-0.39, 0.29) is 25.0 Å². The molecule has 0 aliphatic carbocycles. The fourth-order valence-electron chi connectivity index (χ4n) is 3.80. The van der Waals surface area contributed by atoms with E-state index in [0.717, 1.165) is 5.56 Å². The first kappa shape index (κ1) is 23.2. The van der Waals surface area contributed by atoms with Gasteiger partial charge in [0, 0.05) is 18.0 Å². The van der Waals surface area contributed by atoms with Gasteiger partial charge in [-0.1, -0.05) is 24.3 Å². The van der Waals surface area contributed by atoms with E-state index in [4.69, 9.17) is 9.47 Å². The quantitative estimate of drug-likeness (QED) is 0.626. The number of hydrogen-bond acceptors (Lipinski definition) is 5. The van der Waals surface area contributed by atoms with Crippen molar-refractivity contribution in [2.45, 2.75) is 45.8 Å². The van der Waals surface area contributed by atoms with Gasteiger partial charge in [0.15, 0.2) is 0 Å². The van der Waals surface area contributed by atoms with Gasteiger partial charge in [-0.3, -0.25) is 4.79 Å². The minimum absolute atomic E-state index is 0.0174. The van der Waals surface area contributed by atoms with E-state index in [1.165, 1.54) is 24.1 Å². The second-order valence-electron chi connectivity index (χ2n) is 7.93. The highest BCUT2D eigenvalue weighted by Gasteiger charge is 2.37. The zero-order chi connectivity index (χ0) is 23.4. The fraction of sp³-hybridized carbons (Fsp3) is 0.320. The molecule has 0 radical (unpaired) electrons. The van der Waals surface area contributed by atoms with Crippen LogP contribution in [0.4, 0.5) is 4.39 Å². The van der Waals surface area contributed by atoms with Crippen molar-refractivity contribution >= 4 is 17.8 Å². The van der Waals surface area contributed by atoms with Gasteiger partial charge in [-0.05, 0) is 56.2 Å². The Morgan fingerprint density at radius 1 is 1.12 bits per heavy atom. The van der Waals surface area contributed by atoms with Crippen LogP contribution in [-0.2, 0) is 25.6 Å². The summed E-state index contributed by atoms with van der Waals surface area (Å²) in [6.45, 7) is 5.42. The van der Waals surface area contributed by atoms with E-state index < -0.39 is 23.7 Å². The zero-order valence-corrected chi connectivity index (χ0v) is 18.6. The Hall–Kier alpha value is -3.48. The van der Waals surface area contributed by atoms with Crippen LogP contribution in [0.1, 0.15) is 54.6 Å². The van der Waals surface area contributed by atoms with Crippen molar-refractivity contribution in [3.05, 3.63) is 82.3 Å². The molecular formula is C25H26FNO5. The predicted octanol–water partition coefficient (Wildman–Crippen LogP) is 4.35. The molecule has 32 heavy (non-hydrogen) atoms. The van der Waals surface area contributed by atoms with Crippen LogP contribution in [0.15, 0.2) is 59.8 Å². The number of hydrogen-bond donors (Lipinski definition) is 0. The standard InChI is InChI=1S/C25H26FNO5/c1-15(2)32-25(30)23-16(3)27(14-17-8-10-18(11-9-17)24(29)31-4)22(28)13-21(23)19-6-5-7-20(26)12-19/h5-12,15,21H,13-14H2,1-4H3. The molecule has 2 aromatic rings. The van der Waals surface area contributed by atoms with Gasteiger partial charge in [-0.25, -0.2) is 14.0 Å². The lowest BCUT2D eigenvalue weighted by Gasteiger charge is -2.35. The molecule has 1 unspecified atom stereocenters. The molecule has 7 heteroatoms. The van der Waals surface area contributed by atoms with Crippen LogP contribution in [-0.4, -0.2) is 36.0 Å². The van der Waals surface area contributed by atoms with E-state index in [2.05, 4.69) is 0 Å². The molecule has 1 aliphatic rings. The largest absolute Gasteiger partial charge is 0.465 e. The highest BCUT2D eigenvalue weighted by atomic mass is 19.1. The van der Waals surface area contributed by atoms with Crippen molar-refractivity contribution < 1.29 is 28.2 Å². The summed E-state index contributed by atoms with van der Waals surface area (Å²) in [4.78, 5) is 39.2. The van der Waals surface area contributed by atoms with E-state index in [0.29, 0.717) is 22.4 Å². The van der Waals surface area contributed by atoms with E-state index in [1.807, 2.05) is 0 Å². The molecule has 0 fully saturated rings. The summed E-state index contributed by atoms with van der Waals surface area (Å²) in [5, 5.41) is 0. The molecule has 0 saturated heterocycles. The van der Waals surface area contributed by atoms with E-state index >= 15 is 0 Å². The van der Waals surface area contributed by atoms with Crippen LogP contribution in [0, 0.1) is 5.82 Å². The maximum absolute atomic E-state index is 13.9. The summed E-state index contributed by atoms with van der Waals surface area (Å²) in [5.41, 5.74) is 2.55. The Labute approximate surface area is 186 Å². The fourth-order valence-corrected chi connectivity index (χ4v) is 3.80. The van der Waals surface area contributed by atoms with Gasteiger partial charge in [0.05, 0.1) is 30.9 Å². The average Bonchev–Trinajstić information content (AvgIpc) is 2.75.